The average molecular weight is 189 g/mol. The number of carboxylic acids is 2. The quantitative estimate of drug-likeness (QED) is 0.501. The predicted octanol–water partition coefficient (Wildman–Crippen LogP) is 0.304. The second-order valence-electron chi connectivity index (χ2n) is 2.82. The van der Waals surface area contributed by atoms with Crippen LogP contribution < -0.4 is 5.32 Å². The van der Waals surface area contributed by atoms with Crippen molar-refractivity contribution in [1.82, 2.24) is 5.32 Å². The minimum Gasteiger partial charge on any atom is -0.481 e. The summed E-state index contributed by atoms with van der Waals surface area (Å²) in [6.07, 6.45) is 1.72. The highest BCUT2D eigenvalue weighted by Crippen LogP contribution is 2.03. The van der Waals surface area contributed by atoms with Crippen molar-refractivity contribution in [2.24, 2.45) is 0 Å². The molecule has 0 aromatic carbocycles. The van der Waals surface area contributed by atoms with E-state index in [9.17, 15) is 9.59 Å². The molecule has 5 heteroatoms. The van der Waals surface area contributed by atoms with Gasteiger partial charge in [0.2, 0.25) is 0 Å². The third kappa shape index (κ3) is 6.10. The van der Waals surface area contributed by atoms with Crippen LogP contribution in [0.25, 0.3) is 0 Å². The van der Waals surface area contributed by atoms with Crippen LogP contribution in [0, 0.1) is 0 Å². The standard InChI is InChI=1S/C8H15NO4/c1-9-6(8(12)13)4-2-3-5-7(10)11/h6,9H,2-5H2,1H3,(H,10,11)(H,12,13)/t6-/m0/s1. The molecule has 13 heavy (non-hydrogen) atoms. The lowest BCUT2D eigenvalue weighted by molar-refractivity contribution is -0.139. The van der Waals surface area contributed by atoms with Crippen LogP contribution in [0.3, 0.4) is 0 Å². The molecule has 0 rings (SSSR count). The Morgan fingerprint density at radius 1 is 1.31 bits per heavy atom. The number of hydrogen-bond donors (Lipinski definition) is 3. The third-order valence-electron chi connectivity index (χ3n) is 1.78. The molecule has 0 aromatic heterocycles. The number of rotatable bonds is 7. The summed E-state index contributed by atoms with van der Waals surface area (Å²) in [6, 6.07) is -0.561. The van der Waals surface area contributed by atoms with Gasteiger partial charge in [0.05, 0.1) is 0 Å². The van der Waals surface area contributed by atoms with Gasteiger partial charge < -0.3 is 15.5 Å². The van der Waals surface area contributed by atoms with E-state index in [0.29, 0.717) is 19.3 Å². The van der Waals surface area contributed by atoms with E-state index in [0.717, 1.165) is 0 Å². The Balaban J connectivity index is 3.50. The first-order valence-corrected chi connectivity index (χ1v) is 4.19. The Hall–Kier alpha value is -1.10. The molecular weight excluding hydrogens is 174 g/mol. The molecule has 0 unspecified atom stereocenters. The molecule has 0 aliphatic heterocycles. The summed E-state index contributed by atoms with van der Waals surface area (Å²) in [5.41, 5.74) is 0. The van der Waals surface area contributed by atoms with Crippen LogP contribution in [0.1, 0.15) is 25.7 Å². The number of hydrogen-bond acceptors (Lipinski definition) is 3. The molecule has 0 radical (unpaired) electrons. The maximum Gasteiger partial charge on any atom is 0.320 e. The molecule has 0 aliphatic rings. The smallest absolute Gasteiger partial charge is 0.320 e. The molecule has 0 saturated carbocycles. The molecular formula is C8H15NO4. The number of nitrogens with one attached hydrogen (secondary N) is 1. The fourth-order valence-corrected chi connectivity index (χ4v) is 1.02. The van der Waals surface area contributed by atoms with Gasteiger partial charge in [0.1, 0.15) is 6.04 Å². The molecule has 0 amide bonds. The van der Waals surface area contributed by atoms with E-state index in [1.54, 1.807) is 7.05 Å². The van der Waals surface area contributed by atoms with Crippen LogP contribution in [-0.2, 0) is 9.59 Å². The Labute approximate surface area is 76.8 Å². The highest BCUT2D eigenvalue weighted by molar-refractivity contribution is 5.73. The number of aliphatic carboxylic acids is 2. The van der Waals surface area contributed by atoms with Crippen LogP contribution in [0.4, 0.5) is 0 Å². The molecule has 0 heterocycles. The summed E-state index contributed by atoms with van der Waals surface area (Å²) < 4.78 is 0. The van der Waals surface area contributed by atoms with Crippen molar-refractivity contribution < 1.29 is 19.8 Å². The van der Waals surface area contributed by atoms with Gasteiger partial charge in [-0.3, -0.25) is 9.59 Å². The van der Waals surface area contributed by atoms with E-state index < -0.39 is 18.0 Å². The molecule has 0 aromatic rings. The lowest BCUT2D eigenvalue weighted by Crippen LogP contribution is -2.33. The summed E-state index contributed by atoms with van der Waals surface area (Å²) in [5.74, 6) is -1.73. The van der Waals surface area contributed by atoms with Crippen molar-refractivity contribution in [3.63, 3.8) is 0 Å². The maximum absolute atomic E-state index is 10.5. The van der Waals surface area contributed by atoms with Crippen LogP contribution >= 0.6 is 0 Å². The van der Waals surface area contributed by atoms with Crippen molar-refractivity contribution in [2.45, 2.75) is 31.7 Å². The summed E-state index contributed by atoms with van der Waals surface area (Å²) in [5, 5.41) is 19.6. The van der Waals surface area contributed by atoms with E-state index >= 15 is 0 Å². The van der Waals surface area contributed by atoms with Gasteiger partial charge in [-0.1, -0.05) is 6.42 Å². The molecule has 0 fully saturated rings. The lowest BCUT2D eigenvalue weighted by Gasteiger charge is -2.09. The van der Waals surface area contributed by atoms with E-state index in [1.165, 1.54) is 0 Å². The second kappa shape index (κ2) is 6.42. The predicted molar refractivity (Wildman–Crippen MR) is 46.6 cm³/mol. The summed E-state index contributed by atoms with van der Waals surface area (Å²) in [7, 11) is 1.58. The van der Waals surface area contributed by atoms with E-state index in [4.69, 9.17) is 10.2 Å². The molecule has 76 valence electrons. The maximum atomic E-state index is 10.5. The minimum absolute atomic E-state index is 0.107. The van der Waals surface area contributed by atoms with E-state index in [1.807, 2.05) is 0 Å². The topological polar surface area (TPSA) is 86.6 Å². The third-order valence-corrected chi connectivity index (χ3v) is 1.78. The Morgan fingerprint density at radius 3 is 2.31 bits per heavy atom. The summed E-state index contributed by atoms with van der Waals surface area (Å²) in [6.45, 7) is 0. The highest BCUT2D eigenvalue weighted by atomic mass is 16.4. The van der Waals surface area contributed by atoms with Gasteiger partial charge in [-0.25, -0.2) is 0 Å². The SMILES string of the molecule is CN[C@@H](CCCCC(=O)O)C(=O)O. The van der Waals surface area contributed by atoms with Gasteiger partial charge >= 0.3 is 11.9 Å². The highest BCUT2D eigenvalue weighted by Gasteiger charge is 2.13. The molecule has 0 bridgehead atoms. The molecule has 5 nitrogen and oxygen atoms in total. The lowest BCUT2D eigenvalue weighted by atomic mass is 10.1. The van der Waals surface area contributed by atoms with Crippen LogP contribution in [0.5, 0.6) is 0 Å². The van der Waals surface area contributed by atoms with Crippen LogP contribution in [-0.4, -0.2) is 35.2 Å². The molecule has 3 N–H and O–H groups in total. The fourth-order valence-electron chi connectivity index (χ4n) is 1.02. The van der Waals surface area contributed by atoms with Crippen LogP contribution in [0.15, 0.2) is 0 Å². The Kier molecular flexibility index (Phi) is 5.88. The molecule has 0 spiro atoms. The van der Waals surface area contributed by atoms with Gasteiger partial charge in [-0.2, -0.15) is 0 Å². The Bertz CT molecular complexity index is 181. The first kappa shape index (κ1) is 11.9. The molecule has 1 atom stereocenters. The minimum atomic E-state index is -0.891. The monoisotopic (exact) mass is 189 g/mol. The van der Waals surface area contributed by atoms with Crippen molar-refractivity contribution in [2.75, 3.05) is 7.05 Å². The Morgan fingerprint density at radius 2 is 1.92 bits per heavy atom. The molecule has 0 saturated heterocycles. The first-order chi connectivity index (χ1) is 6.07. The zero-order chi connectivity index (χ0) is 10.3. The number of carbonyl (C=O) groups is 2. The van der Waals surface area contributed by atoms with Gasteiger partial charge in [0, 0.05) is 6.42 Å². The van der Waals surface area contributed by atoms with E-state index in [-0.39, 0.29) is 6.42 Å². The summed E-state index contributed by atoms with van der Waals surface area (Å²) >= 11 is 0. The zero-order valence-electron chi connectivity index (χ0n) is 7.62. The van der Waals surface area contributed by atoms with Gasteiger partial charge in [-0.15, -0.1) is 0 Å². The van der Waals surface area contributed by atoms with Gasteiger partial charge in [0.15, 0.2) is 0 Å². The first-order valence-electron chi connectivity index (χ1n) is 4.19. The number of unbranched alkanes of at least 4 members (excludes halogenated alkanes) is 1. The normalized spacial score (nSPS) is 12.4. The number of likely N-dealkylation sites (N-methyl/N-ethyl adjacent to an activating group) is 1. The van der Waals surface area contributed by atoms with Crippen LogP contribution in [0.2, 0.25) is 0 Å². The van der Waals surface area contributed by atoms with Crippen molar-refractivity contribution >= 4 is 11.9 Å². The molecule has 0 aliphatic carbocycles. The summed E-state index contributed by atoms with van der Waals surface area (Å²) in [4.78, 5) is 20.6. The zero-order valence-corrected chi connectivity index (χ0v) is 7.62. The second-order valence-corrected chi connectivity index (χ2v) is 2.82. The largest absolute Gasteiger partial charge is 0.481 e. The van der Waals surface area contributed by atoms with Crippen molar-refractivity contribution in [3.8, 4) is 0 Å². The fraction of sp³-hybridized carbons (Fsp3) is 0.750. The average Bonchev–Trinajstić information content (AvgIpc) is 2.03. The number of carboxylic acid groups (broad SMARTS) is 2. The van der Waals surface area contributed by atoms with Crippen molar-refractivity contribution in [1.29, 1.82) is 0 Å². The van der Waals surface area contributed by atoms with Gasteiger partial charge in [-0.05, 0) is 19.9 Å². The van der Waals surface area contributed by atoms with Crippen molar-refractivity contribution in [3.05, 3.63) is 0 Å². The van der Waals surface area contributed by atoms with E-state index in [2.05, 4.69) is 5.32 Å². The van der Waals surface area contributed by atoms with Gasteiger partial charge in [0.25, 0.3) is 0 Å².